The van der Waals surface area contributed by atoms with E-state index in [0.717, 1.165) is 0 Å². The predicted octanol–water partition coefficient (Wildman–Crippen LogP) is 3.49. The lowest BCUT2D eigenvalue weighted by Crippen LogP contribution is -2.24. The minimum absolute atomic E-state index is 0.0457. The van der Waals surface area contributed by atoms with E-state index in [1.807, 2.05) is 0 Å². The lowest BCUT2D eigenvalue weighted by atomic mass is 10.1. The highest BCUT2D eigenvalue weighted by molar-refractivity contribution is 7.14. The fourth-order valence-corrected chi connectivity index (χ4v) is 3.11. The highest BCUT2D eigenvalue weighted by Crippen LogP contribution is 2.32. The van der Waals surface area contributed by atoms with E-state index in [4.69, 9.17) is 0 Å². The van der Waals surface area contributed by atoms with Crippen molar-refractivity contribution < 1.29 is 9.18 Å². The zero-order valence-electron chi connectivity index (χ0n) is 10.8. The minimum atomic E-state index is -0.305. The van der Waals surface area contributed by atoms with Gasteiger partial charge in [0.15, 0.2) is 5.13 Å². The summed E-state index contributed by atoms with van der Waals surface area (Å²) in [4.78, 5) is 18.0. The Labute approximate surface area is 120 Å². The van der Waals surface area contributed by atoms with Crippen LogP contribution in [0, 0.1) is 11.7 Å². The maximum atomic E-state index is 13.7. The van der Waals surface area contributed by atoms with Crippen molar-refractivity contribution in [2.75, 3.05) is 11.4 Å². The average Bonchev–Trinajstić information content (AvgIpc) is 3.05. The molecule has 3 rings (SSSR count). The molecule has 0 bridgehead atoms. The van der Waals surface area contributed by atoms with E-state index in [2.05, 4.69) is 11.6 Å². The number of amides is 1. The number of carbonyl (C=O) groups excluding carboxylic acids is 1. The van der Waals surface area contributed by atoms with Crippen molar-refractivity contribution in [3.05, 3.63) is 48.1 Å². The van der Waals surface area contributed by atoms with E-state index in [-0.39, 0.29) is 17.6 Å². The van der Waals surface area contributed by atoms with E-state index in [0.29, 0.717) is 29.4 Å². The zero-order chi connectivity index (χ0) is 14.1. The Morgan fingerprint density at radius 3 is 2.95 bits per heavy atom. The molecule has 1 aliphatic heterocycles. The third-order valence-electron chi connectivity index (χ3n) is 3.36. The SMILES string of the molecule is C=CC1CC(=O)N(c2nc(-c3ccccc3F)cs2)C1. The van der Waals surface area contributed by atoms with Gasteiger partial charge in [0.05, 0.1) is 5.69 Å². The Balaban J connectivity index is 1.90. The van der Waals surface area contributed by atoms with Crippen LogP contribution in [-0.2, 0) is 4.79 Å². The van der Waals surface area contributed by atoms with Gasteiger partial charge in [0, 0.05) is 29.8 Å². The Morgan fingerprint density at radius 1 is 1.45 bits per heavy atom. The van der Waals surface area contributed by atoms with Gasteiger partial charge in [-0.25, -0.2) is 9.37 Å². The maximum absolute atomic E-state index is 13.7. The van der Waals surface area contributed by atoms with Gasteiger partial charge in [-0.3, -0.25) is 9.69 Å². The summed E-state index contributed by atoms with van der Waals surface area (Å²) in [6.45, 7) is 4.33. The fraction of sp³-hybridized carbons (Fsp3) is 0.200. The van der Waals surface area contributed by atoms with Crippen LogP contribution in [0.2, 0.25) is 0 Å². The fourth-order valence-electron chi connectivity index (χ4n) is 2.26. The van der Waals surface area contributed by atoms with Gasteiger partial charge in [0.1, 0.15) is 5.82 Å². The third kappa shape index (κ3) is 2.25. The quantitative estimate of drug-likeness (QED) is 0.810. The molecule has 20 heavy (non-hydrogen) atoms. The summed E-state index contributed by atoms with van der Waals surface area (Å²) in [5.74, 6) is -0.0892. The van der Waals surface area contributed by atoms with Crippen LogP contribution in [0.3, 0.4) is 0 Å². The number of benzene rings is 1. The lowest BCUT2D eigenvalue weighted by molar-refractivity contribution is -0.117. The number of hydrogen-bond acceptors (Lipinski definition) is 3. The molecule has 1 fully saturated rings. The second kappa shape index (κ2) is 5.17. The molecule has 1 saturated heterocycles. The molecular formula is C15H13FN2OS. The van der Waals surface area contributed by atoms with Crippen LogP contribution in [0.5, 0.6) is 0 Å². The van der Waals surface area contributed by atoms with Crippen LogP contribution in [0.4, 0.5) is 9.52 Å². The zero-order valence-corrected chi connectivity index (χ0v) is 11.6. The minimum Gasteiger partial charge on any atom is -0.287 e. The maximum Gasteiger partial charge on any atom is 0.229 e. The Morgan fingerprint density at radius 2 is 2.25 bits per heavy atom. The summed E-state index contributed by atoms with van der Waals surface area (Å²) >= 11 is 1.36. The first kappa shape index (κ1) is 13.0. The third-order valence-corrected chi connectivity index (χ3v) is 4.22. The highest BCUT2D eigenvalue weighted by atomic mass is 32.1. The molecule has 1 aromatic heterocycles. The lowest BCUT2D eigenvalue weighted by Gasteiger charge is -2.11. The van der Waals surface area contributed by atoms with Crippen molar-refractivity contribution in [3.8, 4) is 11.3 Å². The van der Waals surface area contributed by atoms with Crippen molar-refractivity contribution >= 4 is 22.4 Å². The first-order chi connectivity index (χ1) is 9.69. The number of anilines is 1. The van der Waals surface area contributed by atoms with Crippen molar-refractivity contribution in [2.24, 2.45) is 5.92 Å². The van der Waals surface area contributed by atoms with Crippen molar-refractivity contribution in [1.82, 2.24) is 4.98 Å². The number of thiazole rings is 1. The summed E-state index contributed by atoms with van der Waals surface area (Å²) in [6, 6.07) is 6.51. The molecule has 1 atom stereocenters. The van der Waals surface area contributed by atoms with Gasteiger partial charge < -0.3 is 0 Å². The van der Waals surface area contributed by atoms with Crippen LogP contribution < -0.4 is 4.90 Å². The monoisotopic (exact) mass is 288 g/mol. The molecule has 2 aromatic rings. The number of hydrogen-bond donors (Lipinski definition) is 0. The van der Waals surface area contributed by atoms with Crippen LogP contribution in [0.1, 0.15) is 6.42 Å². The molecule has 0 spiro atoms. The second-order valence-corrected chi connectivity index (χ2v) is 5.54. The highest BCUT2D eigenvalue weighted by Gasteiger charge is 2.30. The topological polar surface area (TPSA) is 33.2 Å². The van der Waals surface area contributed by atoms with Crippen molar-refractivity contribution in [1.29, 1.82) is 0 Å². The van der Waals surface area contributed by atoms with Crippen molar-refractivity contribution in [2.45, 2.75) is 6.42 Å². The van der Waals surface area contributed by atoms with E-state index in [1.54, 1.807) is 34.6 Å². The van der Waals surface area contributed by atoms with Gasteiger partial charge >= 0.3 is 0 Å². The molecule has 2 heterocycles. The van der Waals surface area contributed by atoms with Crippen LogP contribution >= 0.6 is 11.3 Å². The molecule has 0 N–H and O–H groups in total. The summed E-state index contributed by atoms with van der Waals surface area (Å²) in [7, 11) is 0. The molecule has 5 heteroatoms. The van der Waals surface area contributed by atoms with Gasteiger partial charge in [-0.2, -0.15) is 0 Å². The largest absolute Gasteiger partial charge is 0.287 e. The number of aromatic nitrogens is 1. The first-order valence-corrected chi connectivity index (χ1v) is 7.20. The Hall–Kier alpha value is -2.01. The number of halogens is 1. The molecule has 0 radical (unpaired) electrons. The van der Waals surface area contributed by atoms with Gasteiger partial charge in [-0.15, -0.1) is 17.9 Å². The van der Waals surface area contributed by atoms with Gasteiger partial charge in [0.2, 0.25) is 5.91 Å². The predicted molar refractivity (Wildman–Crippen MR) is 78.2 cm³/mol. The standard InChI is InChI=1S/C15H13FN2OS/c1-2-10-7-14(19)18(8-10)15-17-13(9-20-15)11-5-3-4-6-12(11)16/h2-6,9-10H,1,7-8H2. The second-order valence-electron chi connectivity index (χ2n) is 4.70. The molecule has 3 nitrogen and oxygen atoms in total. The van der Waals surface area contributed by atoms with Gasteiger partial charge in [-0.1, -0.05) is 18.2 Å². The number of nitrogens with zero attached hydrogens (tertiary/aromatic N) is 2. The van der Waals surface area contributed by atoms with E-state index in [9.17, 15) is 9.18 Å². The Bertz CT molecular complexity index is 667. The number of rotatable bonds is 3. The molecule has 0 aliphatic carbocycles. The van der Waals surface area contributed by atoms with Gasteiger partial charge in [-0.05, 0) is 12.1 Å². The summed E-state index contributed by atoms with van der Waals surface area (Å²) in [5.41, 5.74) is 1.03. The van der Waals surface area contributed by atoms with Crippen LogP contribution in [0.15, 0.2) is 42.3 Å². The summed E-state index contributed by atoms with van der Waals surface area (Å²) < 4.78 is 13.7. The van der Waals surface area contributed by atoms with Crippen molar-refractivity contribution in [3.63, 3.8) is 0 Å². The van der Waals surface area contributed by atoms with Crippen LogP contribution in [-0.4, -0.2) is 17.4 Å². The Kier molecular flexibility index (Phi) is 3.36. The first-order valence-electron chi connectivity index (χ1n) is 6.32. The molecule has 1 unspecified atom stereocenters. The molecule has 1 aliphatic rings. The molecule has 1 aromatic carbocycles. The molecule has 102 valence electrons. The normalized spacial score (nSPS) is 18.6. The van der Waals surface area contributed by atoms with Gasteiger partial charge in [0.25, 0.3) is 0 Å². The smallest absolute Gasteiger partial charge is 0.229 e. The van der Waals surface area contributed by atoms with E-state index >= 15 is 0 Å². The molecule has 0 saturated carbocycles. The summed E-state index contributed by atoms with van der Waals surface area (Å²) in [5, 5.41) is 2.40. The number of carbonyl (C=O) groups is 1. The average molecular weight is 288 g/mol. The van der Waals surface area contributed by atoms with Crippen LogP contribution in [0.25, 0.3) is 11.3 Å². The van der Waals surface area contributed by atoms with E-state index in [1.165, 1.54) is 17.4 Å². The summed E-state index contributed by atoms with van der Waals surface area (Å²) in [6.07, 6.45) is 2.27. The molecule has 1 amide bonds. The molecular weight excluding hydrogens is 275 g/mol. The van der Waals surface area contributed by atoms with E-state index < -0.39 is 0 Å².